The monoisotopic (exact) mass is 341 g/mol. The molecule has 1 heterocycles. The molecule has 2 N–H and O–H groups in total. The van der Waals surface area contributed by atoms with Crippen molar-refractivity contribution in [2.45, 2.75) is 4.90 Å². The Kier molecular flexibility index (Phi) is 3.52. The Balaban J connectivity index is 2.05. The van der Waals surface area contributed by atoms with Crippen molar-refractivity contribution in [3.8, 4) is 0 Å². The minimum atomic E-state index is -3.79. The van der Waals surface area contributed by atoms with Crippen LogP contribution in [0.25, 0.3) is 10.9 Å². The van der Waals surface area contributed by atoms with E-state index in [9.17, 15) is 8.42 Å². The third kappa shape index (κ3) is 2.83. The van der Waals surface area contributed by atoms with Gasteiger partial charge in [0.15, 0.2) is 0 Å². The topological polar surface area (TPSA) is 74.8 Å². The number of halogens is 2. The van der Waals surface area contributed by atoms with Gasteiger partial charge in [-0.2, -0.15) is 5.10 Å². The van der Waals surface area contributed by atoms with E-state index in [2.05, 4.69) is 14.9 Å². The highest BCUT2D eigenvalue weighted by atomic mass is 35.5. The highest BCUT2D eigenvalue weighted by Crippen LogP contribution is 2.26. The largest absolute Gasteiger partial charge is 0.277 e. The van der Waals surface area contributed by atoms with Crippen LogP contribution < -0.4 is 4.72 Å². The third-order valence-electron chi connectivity index (χ3n) is 2.87. The van der Waals surface area contributed by atoms with E-state index < -0.39 is 10.0 Å². The molecule has 2 aromatic carbocycles. The molecule has 0 saturated carbocycles. The molecule has 0 atom stereocenters. The molecule has 0 radical (unpaired) electrons. The Morgan fingerprint density at radius 1 is 1.10 bits per heavy atom. The number of hydrogen-bond donors (Lipinski definition) is 2. The van der Waals surface area contributed by atoms with Crippen LogP contribution in [0.3, 0.4) is 0 Å². The van der Waals surface area contributed by atoms with Crippen LogP contribution in [-0.2, 0) is 10.0 Å². The zero-order valence-corrected chi connectivity index (χ0v) is 12.8. The van der Waals surface area contributed by atoms with Crippen LogP contribution in [0.15, 0.2) is 47.5 Å². The minimum Gasteiger partial charge on any atom is -0.277 e. The fourth-order valence-corrected chi connectivity index (χ4v) is 3.74. The Hall–Kier alpha value is -1.76. The number of rotatable bonds is 3. The zero-order valence-electron chi connectivity index (χ0n) is 10.5. The summed E-state index contributed by atoms with van der Waals surface area (Å²) in [6.07, 6.45) is 1.61. The maximum Gasteiger partial charge on any atom is 0.262 e. The second-order valence-electron chi connectivity index (χ2n) is 4.35. The van der Waals surface area contributed by atoms with E-state index >= 15 is 0 Å². The summed E-state index contributed by atoms with van der Waals surface area (Å²) in [5, 5.41) is 7.96. The molecule has 8 heteroatoms. The Labute approximate surface area is 130 Å². The summed E-state index contributed by atoms with van der Waals surface area (Å²) in [5.41, 5.74) is 1.01. The van der Waals surface area contributed by atoms with Crippen LogP contribution >= 0.6 is 23.2 Å². The number of anilines is 1. The van der Waals surface area contributed by atoms with Crippen LogP contribution in [-0.4, -0.2) is 18.6 Å². The molecule has 0 saturated heterocycles. The van der Waals surface area contributed by atoms with Crippen molar-refractivity contribution in [3.05, 3.63) is 52.6 Å². The van der Waals surface area contributed by atoms with E-state index in [0.29, 0.717) is 11.2 Å². The third-order valence-corrected chi connectivity index (χ3v) is 4.65. The molecule has 0 fully saturated rings. The second kappa shape index (κ2) is 5.22. The average Bonchev–Trinajstić information content (AvgIpc) is 2.86. The molecule has 0 unspecified atom stereocenters. The first-order valence-corrected chi connectivity index (χ1v) is 8.11. The standard InChI is InChI=1S/C13H9Cl2N3O2S/c14-9-4-10(15)6-11(5-9)21(19,20)18-12-3-1-2-8-7-16-17-13(8)12/h1-7,18H,(H,16,17). The van der Waals surface area contributed by atoms with Gasteiger partial charge in [0.25, 0.3) is 10.0 Å². The van der Waals surface area contributed by atoms with Gasteiger partial charge < -0.3 is 0 Å². The summed E-state index contributed by atoms with van der Waals surface area (Å²) in [6.45, 7) is 0. The van der Waals surface area contributed by atoms with E-state index in [-0.39, 0.29) is 14.9 Å². The molecular weight excluding hydrogens is 333 g/mol. The lowest BCUT2D eigenvalue weighted by Gasteiger charge is -2.09. The quantitative estimate of drug-likeness (QED) is 0.763. The van der Waals surface area contributed by atoms with Crippen molar-refractivity contribution in [2.75, 3.05) is 4.72 Å². The average molecular weight is 342 g/mol. The first-order valence-electron chi connectivity index (χ1n) is 5.87. The van der Waals surface area contributed by atoms with Crippen molar-refractivity contribution >= 4 is 49.8 Å². The Morgan fingerprint density at radius 2 is 1.81 bits per heavy atom. The number of H-pyrrole nitrogens is 1. The number of aromatic nitrogens is 2. The summed E-state index contributed by atoms with van der Waals surface area (Å²) in [7, 11) is -3.79. The summed E-state index contributed by atoms with van der Waals surface area (Å²) in [4.78, 5) is -0.00322. The van der Waals surface area contributed by atoms with Crippen LogP contribution in [0.2, 0.25) is 10.0 Å². The molecule has 21 heavy (non-hydrogen) atoms. The van der Waals surface area contributed by atoms with Crippen LogP contribution in [0.1, 0.15) is 0 Å². The molecule has 3 aromatic rings. The summed E-state index contributed by atoms with van der Waals surface area (Å²) >= 11 is 11.7. The highest BCUT2D eigenvalue weighted by Gasteiger charge is 2.17. The second-order valence-corrected chi connectivity index (χ2v) is 6.91. The molecule has 1 aromatic heterocycles. The van der Waals surface area contributed by atoms with E-state index in [1.54, 1.807) is 18.3 Å². The maximum atomic E-state index is 12.4. The fraction of sp³-hybridized carbons (Fsp3) is 0. The van der Waals surface area contributed by atoms with Gasteiger partial charge in [-0.1, -0.05) is 35.3 Å². The predicted molar refractivity (Wildman–Crippen MR) is 83.4 cm³/mol. The van der Waals surface area contributed by atoms with Crippen molar-refractivity contribution < 1.29 is 8.42 Å². The number of nitrogens with zero attached hydrogens (tertiary/aromatic N) is 1. The van der Waals surface area contributed by atoms with Crippen molar-refractivity contribution in [1.82, 2.24) is 10.2 Å². The van der Waals surface area contributed by atoms with Crippen molar-refractivity contribution in [3.63, 3.8) is 0 Å². The maximum absolute atomic E-state index is 12.4. The molecule has 0 spiro atoms. The summed E-state index contributed by atoms with van der Waals surface area (Å²) in [6, 6.07) is 9.35. The van der Waals surface area contributed by atoms with Crippen LogP contribution in [0.4, 0.5) is 5.69 Å². The lowest BCUT2D eigenvalue weighted by atomic mass is 10.2. The number of nitrogens with one attached hydrogen (secondary N) is 2. The normalized spacial score (nSPS) is 11.7. The molecule has 0 aliphatic rings. The van der Waals surface area contributed by atoms with Gasteiger partial charge in [-0.25, -0.2) is 8.42 Å². The Bertz CT molecular complexity index is 902. The number of hydrogen-bond acceptors (Lipinski definition) is 3. The Morgan fingerprint density at radius 3 is 2.52 bits per heavy atom. The number of benzene rings is 2. The van der Waals surface area contributed by atoms with Gasteiger partial charge in [-0.15, -0.1) is 0 Å². The van der Waals surface area contributed by atoms with Crippen LogP contribution in [0.5, 0.6) is 0 Å². The molecule has 0 amide bonds. The van der Waals surface area contributed by atoms with Crippen molar-refractivity contribution in [2.24, 2.45) is 0 Å². The van der Waals surface area contributed by atoms with Gasteiger partial charge in [0.2, 0.25) is 0 Å². The minimum absolute atomic E-state index is 0.00322. The fourth-order valence-electron chi connectivity index (χ4n) is 1.94. The lowest BCUT2D eigenvalue weighted by molar-refractivity contribution is 0.601. The van der Waals surface area contributed by atoms with Gasteiger partial charge in [0.05, 0.1) is 22.3 Å². The number of sulfonamides is 1. The first-order chi connectivity index (χ1) is 9.95. The number of fused-ring (bicyclic) bond motifs is 1. The SMILES string of the molecule is O=S(=O)(Nc1cccc2cn[nH]c12)c1cc(Cl)cc(Cl)c1. The molecular formula is C13H9Cl2N3O2S. The predicted octanol–water partition coefficient (Wildman–Crippen LogP) is 3.67. The molecule has 0 aliphatic carbocycles. The first kappa shape index (κ1) is 14.2. The van der Waals surface area contributed by atoms with E-state index in [1.165, 1.54) is 18.2 Å². The van der Waals surface area contributed by atoms with Gasteiger partial charge in [-0.05, 0) is 24.3 Å². The van der Waals surface area contributed by atoms with Gasteiger partial charge in [0, 0.05) is 15.4 Å². The zero-order chi connectivity index (χ0) is 15.0. The smallest absolute Gasteiger partial charge is 0.262 e. The molecule has 5 nitrogen and oxygen atoms in total. The summed E-state index contributed by atoms with van der Waals surface area (Å²) < 4.78 is 27.3. The van der Waals surface area contributed by atoms with Crippen LogP contribution in [0, 0.1) is 0 Å². The number of para-hydroxylation sites is 1. The molecule has 3 rings (SSSR count). The van der Waals surface area contributed by atoms with Crippen molar-refractivity contribution in [1.29, 1.82) is 0 Å². The molecule has 0 bridgehead atoms. The van der Waals surface area contributed by atoms with E-state index in [1.807, 2.05) is 6.07 Å². The molecule has 0 aliphatic heterocycles. The van der Waals surface area contributed by atoms with E-state index in [4.69, 9.17) is 23.2 Å². The van der Waals surface area contributed by atoms with Gasteiger partial charge >= 0.3 is 0 Å². The highest BCUT2D eigenvalue weighted by molar-refractivity contribution is 7.92. The number of aromatic amines is 1. The van der Waals surface area contributed by atoms with Gasteiger partial charge in [-0.3, -0.25) is 9.82 Å². The van der Waals surface area contributed by atoms with Gasteiger partial charge in [0.1, 0.15) is 0 Å². The lowest BCUT2D eigenvalue weighted by Crippen LogP contribution is -2.13. The van der Waals surface area contributed by atoms with E-state index in [0.717, 1.165) is 5.39 Å². The molecule has 108 valence electrons. The summed E-state index contributed by atoms with van der Waals surface area (Å²) in [5.74, 6) is 0.